The molecule has 0 radical (unpaired) electrons. The molecule has 2 N–H and O–H groups in total. The third-order valence-corrected chi connectivity index (χ3v) is 6.54. The minimum Gasteiger partial charge on any atom is -0.356 e. The van der Waals surface area contributed by atoms with Crippen molar-refractivity contribution in [2.75, 3.05) is 18.1 Å². The Kier molecular flexibility index (Phi) is 7.92. The maximum absolute atomic E-state index is 11.6. The molecule has 3 rings (SSSR count). The van der Waals surface area contributed by atoms with Gasteiger partial charge in [-0.1, -0.05) is 18.9 Å². The molecule has 1 aliphatic carbocycles. The quantitative estimate of drug-likeness (QED) is 0.385. The van der Waals surface area contributed by atoms with Crippen molar-refractivity contribution in [3.8, 4) is 0 Å². The zero-order valence-electron chi connectivity index (χ0n) is 14.4. The van der Waals surface area contributed by atoms with Gasteiger partial charge in [-0.05, 0) is 37.3 Å². The lowest BCUT2D eigenvalue weighted by atomic mass is 10.1. The van der Waals surface area contributed by atoms with Crippen LogP contribution in [0, 0.1) is 5.92 Å². The van der Waals surface area contributed by atoms with Crippen molar-refractivity contribution in [1.29, 1.82) is 0 Å². The third kappa shape index (κ3) is 6.73. The zero-order chi connectivity index (χ0) is 16.8. The number of nitrogens with zero attached hydrogens (tertiary/aromatic N) is 2. The third-order valence-electron chi connectivity index (χ3n) is 4.71. The van der Waals surface area contributed by atoms with Crippen LogP contribution in [0.3, 0.4) is 0 Å². The molecule has 1 aromatic heterocycles. The first-order valence-corrected chi connectivity index (χ1v) is 10.6. The number of hydrogen-bond donors (Lipinski definition) is 2. The van der Waals surface area contributed by atoms with Crippen LogP contribution in [-0.4, -0.2) is 43.5 Å². The highest BCUT2D eigenvalue weighted by molar-refractivity contribution is 14.0. The number of rotatable bonds is 5. The molecule has 1 unspecified atom stereocenters. The van der Waals surface area contributed by atoms with Gasteiger partial charge in [0, 0.05) is 18.8 Å². The first-order chi connectivity index (χ1) is 11.6. The molecule has 1 atom stereocenters. The van der Waals surface area contributed by atoms with E-state index in [2.05, 4.69) is 20.6 Å². The van der Waals surface area contributed by atoms with E-state index >= 15 is 0 Å². The highest BCUT2D eigenvalue weighted by atomic mass is 127. The van der Waals surface area contributed by atoms with Gasteiger partial charge in [-0.25, -0.2) is 13.4 Å². The predicted molar refractivity (Wildman–Crippen MR) is 111 cm³/mol. The Hall–Kier alpha value is -0.900. The largest absolute Gasteiger partial charge is 0.356 e. The number of hydrogen-bond acceptors (Lipinski definition) is 4. The van der Waals surface area contributed by atoms with E-state index in [9.17, 15) is 8.42 Å². The van der Waals surface area contributed by atoms with Crippen molar-refractivity contribution in [3.63, 3.8) is 0 Å². The molecule has 6 nitrogen and oxygen atoms in total. The molecular formula is C17H27IN4O2S. The van der Waals surface area contributed by atoms with E-state index in [1.165, 1.54) is 25.7 Å². The Bertz CT molecular complexity index is 660. The van der Waals surface area contributed by atoms with E-state index in [1.54, 1.807) is 6.20 Å². The average Bonchev–Trinajstić information content (AvgIpc) is 3.20. The van der Waals surface area contributed by atoms with Crippen LogP contribution < -0.4 is 10.6 Å². The van der Waals surface area contributed by atoms with Crippen LogP contribution in [-0.2, 0) is 16.4 Å². The van der Waals surface area contributed by atoms with Crippen LogP contribution >= 0.6 is 24.0 Å². The van der Waals surface area contributed by atoms with Gasteiger partial charge in [-0.2, -0.15) is 0 Å². The van der Waals surface area contributed by atoms with Crippen molar-refractivity contribution in [2.24, 2.45) is 10.9 Å². The number of sulfone groups is 1. The van der Waals surface area contributed by atoms with Gasteiger partial charge in [-0.15, -0.1) is 24.0 Å². The SMILES string of the molecule is I.O=S1(=O)CCC(CNC(=NCc2ccccn2)NC2CCCC2)C1. The molecule has 140 valence electrons. The zero-order valence-corrected chi connectivity index (χ0v) is 17.5. The number of aromatic nitrogens is 1. The normalized spacial score (nSPS) is 23.2. The van der Waals surface area contributed by atoms with Gasteiger partial charge >= 0.3 is 0 Å². The lowest BCUT2D eigenvalue weighted by Gasteiger charge is -2.19. The summed E-state index contributed by atoms with van der Waals surface area (Å²) in [5, 5.41) is 6.84. The fraction of sp³-hybridized carbons (Fsp3) is 0.647. The lowest BCUT2D eigenvalue weighted by molar-refractivity contribution is 0.553. The van der Waals surface area contributed by atoms with Crippen LogP contribution in [0.15, 0.2) is 29.4 Å². The van der Waals surface area contributed by atoms with Crippen molar-refractivity contribution in [1.82, 2.24) is 15.6 Å². The molecule has 25 heavy (non-hydrogen) atoms. The monoisotopic (exact) mass is 478 g/mol. The second-order valence-electron chi connectivity index (χ2n) is 6.76. The molecule has 1 saturated heterocycles. The summed E-state index contributed by atoms with van der Waals surface area (Å²) in [6.45, 7) is 1.17. The highest BCUT2D eigenvalue weighted by Crippen LogP contribution is 2.18. The van der Waals surface area contributed by atoms with Gasteiger partial charge in [0.15, 0.2) is 15.8 Å². The summed E-state index contributed by atoms with van der Waals surface area (Å²) in [5.41, 5.74) is 0.925. The van der Waals surface area contributed by atoms with Crippen molar-refractivity contribution in [3.05, 3.63) is 30.1 Å². The van der Waals surface area contributed by atoms with Gasteiger partial charge in [0.1, 0.15) is 0 Å². The Morgan fingerprint density at radius 3 is 2.68 bits per heavy atom. The van der Waals surface area contributed by atoms with Crippen molar-refractivity contribution >= 4 is 39.8 Å². The van der Waals surface area contributed by atoms with Crippen LogP contribution in [0.4, 0.5) is 0 Å². The Balaban J connectivity index is 0.00000225. The molecule has 2 heterocycles. The van der Waals surface area contributed by atoms with E-state index in [-0.39, 0.29) is 35.6 Å². The Morgan fingerprint density at radius 2 is 2.04 bits per heavy atom. The smallest absolute Gasteiger partial charge is 0.191 e. The molecule has 0 bridgehead atoms. The molecule has 0 aromatic carbocycles. The van der Waals surface area contributed by atoms with Gasteiger partial charge < -0.3 is 10.6 Å². The topological polar surface area (TPSA) is 83.5 Å². The number of guanidine groups is 1. The molecule has 8 heteroatoms. The summed E-state index contributed by atoms with van der Waals surface area (Å²) in [7, 11) is -2.83. The molecular weight excluding hydrogens is 451 g/mol. The second-order valence-corrected chi connectivity index (χ2v) is 8.99. The van der Waals surface area contributed by atoms with Crippen LogP contribution in [0.5, 0.6) is 0 Å². The maximum atomic E-state index is 11.6. The molecule has 2 fully saturated rings. The first-order valence-electron chi connectivity index (χ1n) is 8.76. The number of halogens is 1. The number of nitrogens with one attached hydrogen (secondary N) is 2. The van der Waals surface area contributed by atoms with E-state index in [0.29, 0.717) is 24.9 Å². The summed E-state index contributed by atoms with van der Waals surface area (Å²) >= 11 is 0. The standard InChI is InChI=1S/C17H26N4O2S.HI/c22-24(23)10-8-14(13-24)11-19-17(21-15-5-1-2-6-15)20-12-16-7-3-4-9-18-16;/h3-4,7,9,14-15H,1-2,5-6,8,10-13H2,(H2,19,20,21);1H. The predicted octanol–water partition coefficient (Wildman–Crippen LogP) is 2.11. The van der Waals surface area contributed by atoms with Gasteiger partial charge in [0.05, 0.1) is 23.7 Å². The second kappa shape index (κ2) is 9.70. The number of pyridine rings is 1. The molecule has 2 aliphatic rings. The van der Waals surface area contributed by atoms with E-state index < -0.39 is 9.84 Å². The van der Waals surface area contributed by atoms with Gasteiger partial charge in [0.25, 0.3) is 0 Å². The molecule has 0 amide bonds. The van der Waals surface area contributed by atoms with Crippen LogP contribution in [0.25, 0.3) is 0 Å². The maximum Gasteiger partial charge on any atom is 0.191 e. The molecule has 1 aromatic rings. The summed E-state index contributed by atoms with van der Waals surface area (Å²) in [6, 6.07) is 6.27. The van der Waals surface area contributed by atoms with Crippen molar-refractivity contribution in [2.45, 2.75) is 44.7 Å². The molecule has 1 aliphatic heterocycles. The number of aliphatic imine (C=N–C) groups is 1. The molecule has 1 saturated carbocycles. The first kappa shape index (κ1) is 20.4. The van der Waals surface area contributed by atoms with E-state index in [4.69, 9.17) is 0 Å². The van der Waals surface area contributed by atoms with Crippen molar-refractivity contribution < 1.29 is 8.42 Å². The van der Waals surface area contributed by atoms with Gasteiger partial charge in [-0.3, -0.25) is 4.98 Å². The average molecular weight is 478 g/mol. The Morgan fingerprint density at radius 1 is 1.24 bits per heavy atom. The summed E-state index contributed by atoms with van der Waals surface area (Å²) in [5.74, 6) is 1.56. The summed E-state index contributed by atoms with van der Waals surface area (Å²) in [4.78, 5) is 8.93. The summed E-state index contributed by atoms with van der Waals surface area (Å²) in [6.07, 6.45) is 7.36. The minimum atomic E-state index is -2.83. The van der Waals surface area contributed by atoms with E-state index in [1.807, 2.05) is 18.2 Å². The highest BCUT2D eigenvalue weighted by Gasteiger charge is 2.28. The summed E-state index contributed by atoms with van der Waals surface area (Å²) < 4.78 is 23.2. The van der Waals surface area contributed by atoms with E-state index in [0.717, 1.165) is 18.1 Å². The molecule has 0 spiro atoms. The van der Waals surface area contributed by atoms with Crippen LogP contribution in [0.1, 0.15) is 37.8 Å². The minimum absolute atomic E-state index is 0. The lowest BCUT2D eigenvalue weighted by Crippen LogP contribution is -2.44. The fourth-order valence-electron chi connectivity index (χ4n) is 3.34. The van der Waals surface area contributed by atoms with Crippen LogP contribution in [0.2, 0.25) is 0 Å². The fourth-order valence-corrected chi connectivity index (χ4v) is 5.20. The Labute approximate surface area is 167 Å². The van der Waals surface area contributed by atoms with Gasteiger partial charge in [0.2, 0.25) is 0 Å².